The van der Waals surface area contributed by atoms with Gasteiger partial charge in [0.05, 0.1) is 5.02 Å². The second-order valence-corrected chi connectivity index (χ2v) is 2.67. The third kappa shape index (κ3) is 6.61. The smallest absolute Gasteiger partial charge is 1.00 e. The molecule has 0 aromatic heterocycles. The van der Waals surface area contributed by atoms with Crippen molar-refractivity contribution in [3.63, 3.8) is 0 Å². The molecule has 5 heteroatoms. The van der Waals surface area contributed by atoms with Gasteiger partial charge in [-0.15, -0.1) is 0 Å². The minimum absolute atomic E-state index is 0. The summed E-state index contributed by atoms with van der Waals surface area (Å²) in [4.78, 5) is 0. The van der Waals surface area contributed by atoms with Crippen LogP contribution in [-0.2, 0) is 0 Å². The number of hydrogen-bond acceptors (Lipinski definition) is 2. The molecular formula is C8H11Cl2NaO2. The summed E-state index contributed by atoms with van der Waals surface area (Å²) in [6.45, 7) is 1.93. The Labute approximate surface area is 111 Å². The molecule has 1 rings (SSSR count). The summed E-state index contributed by atoms with van der Waals surface area (Å²) in [7, 11) is 0. The SMILES string of the molecule is CCO.Oc1cccc(Cl)c1Cl.[H-].[Na+]. The van der Waals surface area contributed by atoms with E-state index in [1.54, 1.807) is 19.1 Å². The molecule has 0 saturated heterocycles. The van der Waals surface area contributed by atoms with Gasteiger partial charge in [0.15, 0.2) is 0 Å². The van der Waals surface area contributed by atoms with E-state index in [1.807, 2.05) is 0 Å². The first kappa shape index (κ1) is 16.0. The molecule has 13 heavy (non-hydrogen) atoms. The molecule has 0 amide bonds. The van der Waals surface area contributed by atoms with Gasteiger partial charge in [0.25, 0.3) is 0 Å². The quantitative estimate of drug-likeness (QED) is 0.610. The van der Waals surface area contributed by atoms with Gasteiger partial charge in [-0.05, 0) is 19.1 Å². The van der Waals surface area contributed by atoms with Crippen LogP contribution in [0.25, 0.3) is 0 Å². The molecule has 0 radical (unpaired) electrons. The van der Waals surface area contributed by atoms with Crippen molar-refractivity contribution in [1.29, 1.82) is 0 Å². The molecule has 0 aliphatic carbocycles. The van der Waals surface area contributed by atoms with Crippen molar-refractivity contribution in [2.45, 2.75) is 6.92 Å². The van der Waals surface area contributed by atoms with Crippen molar-refractivity contribution in [3.8, 4) is 5.75 Å². The van der Waals surface area contributed by atoms with Crippen molar-refractivity contribution in [1.82, 2.24) is 0 Å². The molecule has 70 valence electrons. The molecule has 0 bridgehead atoms. The number of rotatable bonds is 0. The number of aliphatic hydroxyl groups is 1. The Morgan fingerprint density at radius 3 is 2.15 bits per heavy atom. The number of benzene rings is 1. The summed E-state index contributed by atoms with van der Waals surface area (Å²) in [6, 6.07) is 4.72. The molecular weight excluding hydrogens is 222 g/mol. The molecule has 1 aromatic carbocycles. The van der Waals surface area contributed by atoms with Crippen LogP contribution in [0, 0.1) is 0 Å². The number of aromatic hydroxyl groups is 1. The zero-order valence-corrected chi connectivity index (χ0v) is 11.1. The number of phenolic OH excluding ortho intramolecular Hbond substituents is 1. The van der Waals surface area contributed by atoms with Crippen LogP contribution in [0.1, 0.15) is 8.35 Å². The second kappa shape index (κ2) is 9.13. The monoisotopic (exact) mass is 232 g/mol. The van der Waals surface area contributed by atoms with Crippen LogP contribution >= 0.6 is 23.2 Å². The molecule has 2 nitrogen and oxygen atoms in total. The fourth-order valence-corrected chi connectivity index (χ4v) is 0.788. The maximum absolute atomic E-state index is 8.88. The Balaban J connectivity index is -0.000000218. The standard InChI is InChI=1S/C6H4Cl2O.C2H6O.Na.H/c7-4-2-1-3-5(9)6(4)8;1-2-3;;/h1-3,9H;3H,2H2,1H3;;/q;;+1;-1. The third-order valence-corrected chi connectivity index (χ3v) is 1.74. The summed E-state index contributed by atoms with van der Waals surface area (Å²) < 4.78 is 0. The predicted octanol–water partition coefficient (Wildman–Crippen LogP) is -0.186. The van der Waals surface area contributed by atoms with Gasteiger partial charge in [-0.3, -0.25) is 0 Å². The molecule has 0 unspecified atom stereocenters. The van der Waals surface area contributed by atoms with E-state index < -0.39 is 0 Å². The van der Waals surface area contributed by atoms with Crippen LogP contribution < -0.4 is 29.6 Å². The minimum Gasteiger partial charge on any atom is -1.00 e. The Hall–Kier alpha value is 0.560. The zero-order valence-electron chi connectivity index (χ0n) is 8.59. The van der Waals surface area contributed by atoms with Crippen molar-refractivity contribution in [2.75, 3.05) is 6.61 Å². The fraction of sp³-hybridized carbons (Fsp3) is 0.250. The first-order valence-corrected chi connectivity index (χ1v) is 4.12. The maximum Gasteiger partial charge on any atom is 1.00 e. The Kier molecular flexibility index (Phi) is 11.2. The molecule has 0 fully saturated rings. The topological polar surface area (TPSA) is 40.5 Å². The summed E-state index contributed by atoms with van der Waals surface area (Å²) in [6.07, 6.45) is 0. The van der Waals surface area contributed by atoms with Gasteiger partial charge < -0.3 is 11.6 Å². The van der Waals surface area contributed by atoms with E-state index in [2.05, 4.69) is 0 Å². The summed E-state index contributed by atoms with van der Waals surface area (Å²) in [5.41, 5.74) is 0. The number of aliphatic hydroxyl groups excluding tert-OH is 1. The van der Waals surface area contributed by atoms with Crippen molar-refractivity contribution in [2.24, 2.45) is 0 Å². The summed E-state index contributed by atoms with van der Waals surface area (Å²) in [5, 5.41) is 17.0. The van der Waals surface area contributed by atoms with Gasteiger partial charge >= 0.3 is 29.6 Å². The van der Waals surface area contributed by atoms with Crippen LogP contribution in [0.5, 0.6) is 5.75 Å². The molecule has 2 N–H and O–H groups in total. The Bertz CT molecular complexity index is 229. The Morgan fingerprint density at radius 2 is 1.85 bits per heavy atom. The van der Waals surface area contributed by atoms with Gasteiger partial charge in [0.2, 0.25) is 0 Å². The van der Waals surface area contributed by atoms with Gasteiger partial charge in [-0.2, -0.15) is 0 Å². The average molecular weight is 233 g/mol. The third-order valence-electron chi connectivity index (χ3n) is 0.931. The number of hydrogen-bond donors (Lipinski definition) is 2. The first-order valence-electron chi connectivity index (χ1n) is 3.37. The average Bonchev–Trinajstić information content (AvgIpc) is 2.02. The predicted molar refractivity (Wildman–Crippen MR) is 52.0 cm³/mol. The minimum atomic E-state index is 0. The normalized spacial score (nSPS) is 8.00. The van der Waals surface area contributed by atoms with Crippen molar-refractivity contribution < 1.29 is 41.2 Å². The van der Waals surface area contributed by atoms with E-state index in [0.717, 1.165) is 0 Å². The number of halogens is 2. The molecule has 0 heterocycles. The molecule has 0 saturated carbocycles. The zero-order chi connectivity index (χ0) is 9.56. The van der Waals surface area contributed by atoms with E-state index in [-0.39, 0.29) is 48.4 Å². The van der Waals surface area contributed by atoms with Gasteiger partial charge in [-0.25, -0.2) is 0 Å². The van der Waals surface area contributed by atoms with E-state index >= 15 is 0 Å². The molecule has 0 aliphatic heterocycles. The summed E-state index contributed by atoms with van der Waals surface area (Å²) in [5.74, 6) is 0.0177. The van der Waals surface area contributed by atoms with Gasteiger partial charge in [0, 0.05) is 6.61 Å². The fourth-order valence-electron chi connectivity index (χ4n) is 0.492. The van der Waals surface area contributed by atoms with Gasteiger partial charge in [-0.1, -0.05) is 29.3 Å². The van der Waals surface area contributed by atoms with Crippen molar-refractivity contribution >= 4 is 23.2 Å². The molecule has 0 atom stereocenters. The first-order chi connectivity index (χ1) is 5.63. The van der Waals surface area contributed by atoms with E-state index in [9.17, 15) is 0 Å². The van der Waals surface area contributed by atoms with Crippen LogP contribution in [0.2, 0.25) is 10.0 Å². The van der Waals surface area contributed by atoms with Crippen LogP contribution in [0.3, 0.4) is 0 Å². The molecule has 0 spiro atoms. The maximum atomic E-state index is 8.88. The van der Waals surface area contributed by atoms with E-state index in [0.29, 0.717) is 5.02 Å². The van der Waals surface area contributed by atoms with E-state index in [1.165, 1.54) is 6.07 Å². The number of phenols is 1. The molecule has 1 aromatic rings. The second-order valence-electron chi connectivity index (χ2n) is 1.89. The molecule has 0 aliphatic rings. The Morgan fingerprint density at radius 1 is 1.38 bits per heavy atom. The van der Waals surface area contributed by atoms with Crippen LogP contribution in [0.4, 0.5) is 0 Å². The van der Waals surface area contributed by atoms with E-state index in [4.69, 9.17) is 33.4 Å². The van der Waals surface area contributed by atoms with Crippen LogP contribution in [0.15, 0.2) is 18.2 Å². The largest absolute Gasteiger partial charge is 1.00 e. The van der Waals surface area contributed by atoms with Crippen LogP contribution in [-0.4, -0.2) is 16.8 Å². The van der Waals surface area contributed by atoms with Gasteiger partial charge in [0.1, 0.15) is 10.8 Å². The summed E-state index contributed by atoms with van der Waals surface area (Å²) >= 11 is 11.0. The van der Waals surface area contributed by atoms with Crippen molar-refractivity contribution in [3.05, 3.63) is 28.2 Å².